The van der Waals surface area contributed by atoms with Gasteiger partial charge in [-0.3, -0.25) is 0 Å². The molecule has 0 amide bonds. The molecule has 1 aromatic rings. The lowest BCUT2D eigenvalue weighted by atomic mass is 9.94. The zero-order valence-corrected chi connectivity index (χ0v) is 15.9. The average Bonchev–Trinajstić information content (AvgIpc) is 2.47. The van der Waals surface area contributed by atoms with Crippen LogP contribution < -0.4 is 0 Å². The van der Waals surface area contributed by atoms with Crippen LogP contribution in [0.4, 0.5) is 0 Å². The summed E-state index contributed by atoms with van der Waals surface area (Å²) in [5, 5.41) is 1.07. The molecular formula is C18H28Br2. The Bertz CT molecular complexity index is 332. The van der Waals surface area contributed by atoms with Crippen LogP contribution in [0.25, 0.3) is 0 Å². The van der Waals surface area contributed by atoms with Crippen molar-refractivity contribution in [3.63, 3.8) is 0 Å². The summed E-state index contributed by atoms with van der Waals surface area (Å²) in [5.41, 5.74) is 1.47. The van der Waals surface area contributed by atoms with Crippen molar-refractivity contribution in [2.75, 3.05) is 5.33 Å². The largest absolute Gasteiger partial charge is 0.0921 e. The lowest BCUT2D eigenvalue weighted by molar-refractivity contribution is 0.546. The van der Waals surface area contributed by atoms with E-state index in [0.717, 1.165) is 5.33 Å². The molecule has 20 heavy (non-hydrogen) atoms. The van der Waals surface area contributed by atoms with Crippen LogP contribution in [0.2, 0.25) is 0 Å². The van der Waals surface area contributed by atoms with Crippen molar-refractivity contribution in [3.8, 4) is 0 Å². The molecule has 2 heteroatoms. The van der Waals surface area contributed by atoms with Crippen molar-refractivity contribution in [2.24, 2.45) is 0 Å². The summed E-state index contributed by atoms with van der Waals surface area (Å²) in [7, 11) is 0. The molecule has 0 aromatic heterocycles. The lowest BCUT2D eigenvalue weighted by Crippen LogP contribution is -2.00. The fraction of sp³-hybridized carbons (Fsp3) is 0.667. The molecule has 0 fully saturated rings. The van der Waals surface area contributed by atoms with Crippen molar-refractivity contribution >= 4 is 31.9 Å². The SMILES string of the molecule is CCCCCCCCCCC(CBr)c1ccc(Br)cc1. The normalized spacial score (nSPS) is 12.6. The van der Waals surface area contributed by atoms with E-state index in [0.29, 0.717) is 5.92 Å². The number of unbranched alkanes of at least 4 members (excludes halogenated alkanes) is 7. The molecule has 1 unspecified atom stereocenters. The Morgan fingerprint density at radius 2 is 1.40 bits per heavy atom. The number of hydrogen-bond donors (Lipinski definition) is 0. The van der Waals surface area contributed by atoms with Crippen molar-refractivity contribution in [1.82, 2.24) is 0 Å². The Morgan fingerprint density at radius 1 is 0.850 bits per heavy atom. The van der Waals surface area contributed by atoms with Crippen LogP contribution in [-0.2, 0) is 0 Å². The fourth-order valence-electron chi connectivity index (χ4n) is 2.59. The molecule has 0 aliphatic rings. The maximum absolute atomic E-state index is 3.67. The van der Waals surface area contributed by atoms with Gasteiger partial charge in [0.25, 0.3) is 0 Å². The van der Waals surface area contributed by atoms with Gasteiger partial charge in [-0.2, -0.15) is 0 Å². The molecule has 0 heterocycles. The topological polar surface area (TPSA) is 0 Å². The van der Waals surface area contributed by atoms with Gasteiger partial charge < -0.3 is 0 Å². The van der Waals surface area contributed by atoms with E-state index in [1.165, 1.54) is 67.8 Å². The standard InChI is InChI=1S/C18H28Br2/c1-2-3-4-5-6-7-8-9-10-17(15-19)16-11-13-18(20)14-12-16/h11-14,17H,2-10,15H2,1H3. The summed E-state index contributed by atoms with van der Waals surface area (Å²) in [4.78, 5) is 0. The van der Waals surface area contributed by atoms with Crippen LogP contribution in [0.3, 0.4) is 0 Å². The van der Waals surface area contributed by atoms with Gasteiger partial charge in [-0.15, -0.1) is 0 Å². The first-order chi connectivity index (χ1) is 9.77. The van der Waals surface area contributed by atoms with E-state index in [9.17, 15) is 0 Å². The molecule has 0 N–H and O–H groups in total. The third-order valence-electron chi connectivity index (χ3n) is 3.93. The van der Waals surface area contributed by atoms with E-state index in [2.05, 4.69) is 63.0 Å². The number of rotatable bonds is 11. The molecule has 0 spiro atoms. The highest BCUT2D eigenvalue weighted by Crippen LogP contribution is 2.26. The highest BCUT2D eigenvalue weighted by Gasteiger charge is 2.09. The van der Waals surface area contributed by atoms with E-state index in [-0.39, 0.29) is 0 Å². The van der Waals surface area contributed by atoms with Gasteiger partial charge in [0.15, 0.2) is 0 Å². The lowest BCUT2D eigenvalue weighted by Gasteiger charge is -2.14. The summed E-state index contributed by atoms with van der Waals surface area (Å²) in [5.74, 6) is 0.670. The summed E-state index contributed by atoms with van der Waals surface area (Å²) < 4.78 is 1.17. The third-order valence-corrected chi connectivity index (χ3v) is 5.24. The van der Waals surface area contributed by atoms with E-state index >= 15 is 0 Å². The molecule has 0 nitrogen and oxygen atoms in total. The first-order valence-electron chi connectivity index (χ1n) is 8.09. The van der Waals surface area contributed by atoms with E-state index < -0.39 is 0 Å². The maximum atomic E-state index is 3.67. The Balaban J connectivity index is 2.14. The number of benzene rings is 1. The summed E-state index contributed by atoms with van der Waals surface area (Å²) in [6, 6.07) is 8.80. The Labute approximate surface area is 142 Å². The monoisotopic (exact) mass is 402 g/mol. The second-order valence-corrected chi connectivity index (χ2v) is 7.23. The Morgan fingerprint density at radius 3 is 1.95 bits per heavy atom. The smallest absolute Gasteiger partial charge is 0.0175 e. The Kier molecular flexibility index (Phi) is 10.8. The van der Waals surface area contributed by atoms with Gasteiger partial charge in [0.2, 0.25) is 0 Å². The molecule has 0 aliphatic heterocycles. The van der Waals surface area contributed by atoms with Crippen LogP contribution in [0.1, 0.15) is 76.2 Å². The van der Waals surface area contributed by atoms with Crippen LogP contribution in [0.15, 0.2) is 28.7 Å². The van der Waals surface area contributed by atoms with Crippen molar-refractivity contribution < 1.29 is 0 Å². The first kappa shape index (κ1) is 18.2. The molecule has 1 atom stereocenters. The number of alkyl halides is 1. The van der Waals surface area contributed by atoms with E-state index in [4.69, 9.17) is 0 Å². The van der Waals surface area contributed by atoms with Crippen molar-refractivity contribution in [1.29, 1.82) is 0 Å². The molecular weight excluding hydrogens is 376 g/mol. The summed E-state index contributed by atoms with van der Waals surface area (Å²) >= 11 is 7.17. The van der Waals surface area contributed by atoms with Gasteiger partial charge in [0.1, 0.15) is 0 Å². The highest BCUT2D eigenvalue weighted by atomic mass is 79.9. The van der Waals surface area contributed by atoms with Gasteiger partial charge in [-0.1, -0.05) is 102 Å². The number of halogens is 2. The van der Waals surface area contributed by atoms with Crippen molar-refractivity contribution in [2.45, 2.75) is 70.6 Å². The first-order valence-corrected chi connectivity index (χ1v) is 10.0. The van der Waals surface area contributed by atoms with Crippen LogP contribution in [0, 0.1) is 0 Å². The summed E-state index contributed by atoms with van der Waals surface area (Å²) in [6.45, 7) is 2.28. The quantitative estimate of drug-likeness (QED) is 0.265. The van der Waals surface area contributed by atoms with Gasteiger partial charge in [-0.05, 0) is 30.0 Å². The van der Waals surface area contributed by atoms with E-state index in [1.807, 2.05) is 0 Å². The van der Waals surface area contributed by atoms with Crippen LogP contribution in [0.5, 0.6) is 0 Å². The maximum Gasteiger partial charge on any atom is 0.0175 e. The van der Waals surface area contributed by atoms with Gasteiger partial charge in [0.05, 0.1) is 0 Å². The minimum absolute atomic E-state index is 0.670. The van der Waals surface area contributed by atoms with Gasteiger partial charge >= 0.3 is 0 Å². The molecule has 0 saturated carbocycles. The minimum Gasteiger partial charge on any atom is -0.0921 e. The predicted molar refractivity (Wildman–Crippen MR) is 97.9 cm³/mol. The average molecular weight is 404 g/mol. The zero-order chi connectivity index (χ0) is 14.6. The fourth-order valence-corrected chi connectivity index (χ4v) is 3.55. The molecule has 114 valence electrons. The molecule has 0 radical (unpaired) electrons. The van der Waals surface area contributed by atoms with E-state index in [1.54, 1.807) is 0 Å². The summed E-state index contributed by atoms with van der Waals surface area (Å²) in [6.07, 6.45) is 12.5. The Hall–Kier alpha value is 0.180. The van der Waals surface area contributed by atoms with Gasteiger partial charge in [-0.25, -0.2) is 0 Å². The van der Waals surface area contributed by atoms with Gasteiger partial charge in [0, 0.05) is 9.80 Å². The second-order valence-electron chi connectivity index (χ2n) is 5.67. The molecule has 1 aromatic carbocycles. The molecule has 1 rings (SSSR count). The zero-order valence-electron chi connectivity index (χ0n) is 12.7. The highest BCUT2D eigenvalue weighted by molar-refractivity contribution is 9.10. The minimum atomic E-state index is 0.670. The molecule has 0 saturated heterocycles. The van der Waals surface area contributed by atoms with Crippen LogP contribution >= 0.6 is 31.9 Å². The van der Waals surface area contributed by atoms with Crippen LogP contribution in [-0.4, -0.2) is 5.33 Å². The molecule has 0 bridgehead atoms. The molecule has 0 aliphatic carbocycles. The van der Waals surface area contributed by atoms with Crippen molar-refractivity contribution in [3.05, 3.63) is 34.3 Å². The second kappa shape index (κ2) is 11.8. The third kappa shape index (κ3) is 7.83. The number of hydrogen-bond acceptors (Lipinski definition) is 0. The predicted octanol–water partition coefficient (Wildman–Crippen LogP) is 7.46.